The number of nitro groups is 1. The van der Waals surface area contributed by atoms with Crippen LogP contribution in [0.5, 0.6) is 0 Å². The lowest BCUT2D eigenvalue weighted by Crippen LogP contribution is -2.26. The summed E-state index contributed by atoms with van der Waals surface area (Å²) in [4.78, 5) is 15.0. The van der Waals surface area contributed by atoms with Gasteiger partial charge in [0.1, 0.15) is 0 Å². The number of nitrogens with zero attached hydrogens (tertiary/aromatic N) is 3. The van der Waals surface area contributed by atoms with Crippen LogP contribution < -0.4 is 5.32 Å². The van der Waals surface area contributed by atoms with Gasteiger partial charge in [0.2, 0.25) is 0 Å². The minimum atomic E-state index is -0.474. The SMILES string of the molecule is CCN(C)C(=C[N+](=O)[O-])NC.Clc1nccs1. The summed E-state index contributed by atoms with van der Waals surface area (Å²) < 4.78 is 0.606. The van der Waals surface area contributed by atoms with Crippen molar-refractivity contribution in [1.82, 2.24) is 15.2 Å². The van der Waals surface area contributed by atoms with Gasteiger partial charge in [0.25, 0.3) is 6.20 Å². The van der Waals surface area contributed by atoms with E-state index in [4.69, 9.17) is 11.6 Å². The summed E-state index contributed by atoms with van der Waals surface area (Å²) in [6, 6.07) is 0. The molecule has 96 valence electrons. The van der Waals surface area contributed by atoms with Gasteiger partial charge in [0, 0.05) is 32.2 Å². The van der Waals surface area contributed by atoms with Crippen LogP contribution in [0.15, 0.2) is 23.6 Å². The summed E-state index contributed by atoms with van der Waals surface area (Å²) in [5.41, 5.74) is 0. The van der Waals surface area contributed by atoms with E-state index < -0.39 is 4.92 Å². The molecule has 0 aliphatic carbocycles. The van der Waals surface area contributed by atoms with Crippen molar-refractivity contribution in [3.8, 4) is 0 Å². The lowest BCUT2D eigenvalue weighted by molar-refractivity contribution is -0.404. The molecular weight excluding hydrogens is 264 g/mol. The molecule has 0 saturated carbocycles. The van der Waals surface area contributed by atoms with E-state index in [0.29, 0.717) is 10.3 Å². The number of hydrogen-bond donors (Lipinski definition) is 1. The lowest BCUT2D eigenvalue weighted by Gasteiger charge is -2.17. The van der Waals surface area contributed by atoms with Gasteiger partial charge in [-0.05, 0) is 6.92 Å². The zero-order chi connectivity index (χ0) is 13.3. The van der Waals surface area contributed by atoms with Crippen molar-refractivity contribution < 1.29 is 4.92 Å². The highest BCUT2D eigenvalue weighted by molar-refractivity contribution is 7.13. The van der Waals surface area contributed by atoms with Crippen LogP contribution in [-0.4, -0.2) is 35.4 Å². The molecule has 0 bridgehead atoms. The predicted molar refractivity (Wildman–Crippen MR) is 69.6 cm³/mol. The molecule has 1 rings (SSSR count). The second-order valence-corrected chi connectivity index (χ2v) is 4.33. The molecule has 0 fully saturated rings. The topological polar surface area (TPSA) is 71.3 Å². The van der Waals surface area contributed by atoms with Crippen LogP contribution in [0.4, 0.5) is 0 Å². The van der Waals surface area contributed by atoms with E-state index in [9.17, 15) is 10.1 Å². The Morgan fingerprint density at radius 1 is 1.82 bits per heavy atom. The quantitative estimate of drug-likeness (QED) is 0.674. The number of nitrogens with one attached hydrogen (secondary N) is 1. The van der Waals surface area contributed by atoms with Crippen molar-refractivity contribution >= 4 is 22.9 Å². The zero-order valence-corrected chi connectivity index (χ0v) is 11.5. The molecule has 0 aromatic carbocycles. The Hall–Kier alpha value is -1.34. The Kier molecular flexibility index (Phi) is 8.08. The van der Waals surface area contributed by atoms with Gasteiger partial charge in [0.05, 0.1) is 4.92 Å². The molecule has 6 nitrogen and oxygen atoms in total. The van der Waals surface area contributed by atoms with Gasteiger partial charge in [-0.3, -0.25) is 10.1 Å². The van der Waals surface area contributed by atoms with E-state index in [1.165, 1.54) is 11.3 Å². The predicted octanol–water partition coefficient (Wildman–Crippen LogP) is 2.03. The average Bonchev–Trinajstić information content (AvgIpc) is 2.76. The Bertz CT molecular complexity index is 356. The smallest absolute Gasteiger partial charge is 0.274 e. The Morgan fingerprint density at radius 3 is 2.71 bits per heavy atom. The van der Waals surface area contributed by atoms with Crippen LogP contribution in [0.1, 0.15) is 6.92 Å². The van der Waals surface area contributed by atoms with Gasteiger partial charge >= 0.3 is 0 Å². The standard InChI is InChI=1S/C6H13N3O2.C3H2ClNS/c1-4-8(3)6(7-2)5-9(10)11;4-3-5-1-2-6-3/h5,7H,4H2,1-3H3;1-2H. The van der Waals surface area contributed by atoms with Crippen molar-refractivity contribution in [2.45, 2.75) is 6.92 Å². The molecule has 8 heteroatoms. The minimum Gasteiger partial charge on any atom is -0.370 e. The van der Waals surface area contributed by atoms with Crippen LogP contribution in [0.2, 0.25) is 4.47 Å². The molecule has 0 aliphatic rings. The molecule has 0 atom stereocenters. The summed E-state index contributed by atoms with van der Waals surface area (Å²) in [5.74, 6) is 0.512. The molecule has 1 aromatic rings. The van der Waals surface area contributed by atoms with Crippen molar-refractivity contribution in [2.24, 2.45) is 0 Å². The first-order valence-electron chi connectivity index (χ1n) is 4.80. The third kappa shape index (κ3) is 7.53. The first-order chi connectivity index (χ1) is 8.01. The Morgan fingerprint density at radius 2 is 2.47 bits per heavy atom. The van der Waals surface area contributed by atoms with E-state index >= 15 is 0 Å². The van der Waals surface area contributed by atoms with Gasteiger partial charge in [-0.15, -0.1) is 11.3 Å². The third-order valence-corrected chi connectivity index (χ3v) is 2.69. The Balaban J connectivity index is 0.000000354. The van der Waals surface area contributed by atoms with E-state index in [0.717, 1.165) is 12.7 Å². The third-order valence-electron chi connectivity index (χ3n) is 1.77. The van der Waals surface area contributed by atoms with Gasteiger partial charge in [0.15, 0.2) is 10.3 Å². The maximum Gasteiger partial charge on any atom is 0.274 e. The number of rotatable bonds is 4. The van der Waals surface area contributed by atoms with E-state index in [1.807, 2.05) is 12.3 Å². The van der Waals surface area contributed by atoms with E-state index in [1.54, 1.807) is 25.2 Å². The summed E-state index contributed by atoms with van der Waals surface area (Å²) in [5, 5.41) is 14.6. The molecule has 0 radical (unpaired) electrons. The largest absolute Gasteiger partial charge is 0.370 e. The fourth-order valence-corrected chi connectivity index (χ4v) is 1.40. The Labute approximate surface area is 109 Å². The molecule has 0 unspecified atom stereocenters. The maximum absolute atomic E-state index is 10.1. The highest BCUT2D eigenvalue weighted by Gasteiger charge is 2.03. The lowest BCUT2D eigenvalue weighted by atomic mass is 10.5. The minimum absolute atomic E-state index is 0.474. The van der Waals surface area contributed by atoms with Crippen LogP contribution >= 0.6 is 22.9 Å². The van der Waals surface area contributed by atoms with Gasteiger partial charge in [-0.25, -0.2) is 4.98 Å². The molecular formula is C9H15ClN4O2S. The molecule has 1 heterocycles. The van der Waals surface area contributed by atoms with E-state index in [-0.39, 0.29) is 0 Å². The second-order valence-electron chi connectivity index (χ2n) is 2.85. The number of thiazole rings is 1. The van der Waals surface area contributed by atoms with Gasteiger partial charge in [-0.2, -0.15) is 0 Å². The summed E-state index contributed by atoms with van der Waals surface area (Å²) in [7, 11) is 3.44. The van der Waals surface area contributed by atoms with Crippen molar-refractivity contribution in [1.29, 1.82) is 0 Å². The van der Waals surface area contributed by atoms with Gasteiger partial charge in [-0.1, -0.05) is 11.6 Å². The highest BCUT2D eigenvalue weighted by atomic mass is 35.5. The average molecular weight is 279 g/mol. The molecule has 0 saturated heterocycles. The van der Waals surface area contributed by atoms with Crippen molar-refractivity contribution in [3.63, 3.8) is 0 Å². The fourth-order valence-electron chi connectivity index (χ4n) is 0.830. The van der Waals surface area contributed by atoms with Crippen LogP contribution in [0.25, 0.3) is 0 Å². The molecule has 0 aliphatic heterocycles. The molecule has 1 aromatic heterocycles. The molecule has 17 heavy (non-hydrogen) atoms. The fraction of sp³-hybridized carbons (Fsp3) is 0.444. The number of aromatic nitrogens is 1. The zero-order valence-electron chi connectivity index (χ0n) is 9.88. The monoisotopic (exact) mass is 278 g/mol. The normalized spacial score (nSPS) is 10.2. The summed E-state index contributed by atoms with van der Waals surface area (Å²) >= 11 is 6.79. The summed E-state index contributed by atoms with van der Waals surface area (Å²) in [6.45, 7) is 2.66. The van der Waals surface area contributed by atoms with E-state index in [2.05, 4.69) is 10.3 Å². The second kappa shape index (κ2) is 8.77. The molecule has 1 N–H and O–H groups in total. The maximum atomic E-state index is 10.1. The van der Waals surface area contributed by atoms with Crippen molar-refractivity contribution in [2.75, 3.05) is 20.6 Å². The first-order valence-corrected chi connectivity index (χ1v) is 6.06. The van der Waals surface area contributed by atoms with Crippen LogP contribution in [-0.2, 0) is 0 Å². The molecule has 0 spiro atoms. The van der Waals surface area contributed by atoms with Gasteiger partial charge < -0.3 is 10.2 Å². The van der Waals surface area contributed by atoms with Crippen molar-refractivity contribution in [3.05, 3.63) is 38.2 Å². The van der Waals surface area contributed by atoms with Crippen LogP contribution in [0, 0.1) is 10.1 Å². The first kappa shape index (κ1) is 15.7. The van der Waals surface area contributed by atoms with Crippen LogP contribution in [0.3, 0.4) is 0 Å². The number of halogens is 1. The number of hydrogen-bond acceptors (Lipinski definition) is 6. The summed E-state index contributed by atoms with van der Waals surface area (Å²) in [6.07, 6.45) is 2.62. The highest BCUT2D eigenvalue weighted by Crippen LogP contribution is 2.08. The molecule has 0 amide bonds.